The Morgan fingerprint density at radius 2 is 1.80 bits per heavy atom. The van der Waals surface area contributed by atoms with E-state index < -0.39 is 0 Å². The third kappa shape index (κ3) is 3.89. The average Bonchev–Trinajstić information content (AvgIpc) is 2.96. The van der Waals surface area contributed by atoms with Gasteiger partial charge in [-0.3, -0.25) is 9.59 Å². The molecule has 2 aliphatic rings. The number of rotatable bonds is 3. The standard InChI is InChI=1S/C17H21FN4O3/c18-12-1-3-14(4-2-12)22-10-13(9-15(22)23)20-17(25)21-7-5-11(6-8-21)16(19)24/h1-4,11,13H,5-10H2,(H2,19,24)(H,20,25)/t13-/m0/s1. The first-order valence-electron chi connectivity index (χ1n) is 8.34. The molecule has 0 spiro atoms. The molecule has 0 radical (unpaired) electrons. The van der Waals surface area contributed by atoms with Crippen LogP contribution in [0.1, 0.15) is 19.3 Å². The Morgan fingerprint density at radius 1 is 1.16 bits per heavy atom. The molecule has 0 aromatic heterocycles. The smallest absolute Gasteiger partial charge is 0.317 e. The van der Waals surface area contributed by atoms with E-state index in [2.05, 4.69) is 5.32 Å². The quantitative estimate of drug-likeness (QED) is 0.847. The number of halogens is 1. The minimum atomic E-state index is -0.361. The molecule has 2 heterocycles. The number of carbonyl (C=O) groups is 3. The highest BCUT2D eigenvalue weighted by atomic mass is 19.1. The number of hydrogen-bond acceptors (Lipinski definition) is 3. The van der Waals surface area contributed by atoms with E-state index in [-0.39, 0.29) is 42.0 Å². The van der Waals surface area contributed by atoms with Crippen molar-refractivity contribution in [2.24, 2.45) is 11.7 Å². The van der Waals surface area contributed by atoms with Crippen molar-refractivity contribution in [2.75, 3.05) is 24.5 Å². The second-order valence-corrected chi connectivity index (χ2v) is 6.49. The molecule has 1 aromatic carbocycles. The maximum Gasteiger partial charge on any atom is 0.317 e. The zero-order valence-electron chi connectivity index (χ0n) is 13.8. The van der Waals surface area contributed by atoms with Gasteiger partial charge in [0.2, 0.25) is 11.8 Å². The molecule has 0 bridgehead atoms. The predicted molar refractivity (Wildman–Crippen MR) is 89.2 cm³/mol. The molecule has 7 nitrogen and oxygen atoms in total. The summed E-state index contributed by atoms with van der Waals surface area (Å²) in [5, 5.41) is 2.87. The second kappa shape index (κ2) is 7.08. The monoisotopic (exact) mass is 348 g/mol. The van der Waals surface area contributed by atoms with Crippen molar-refractivity contribution in [1.29, 1.82) is 0 Å². The molecule has 1 atom stereocenters. The largest absolute Gasteiger partial charge is 0.369 e. The van der Waals surface area contributed by atoms with Gasteiger partial charge in [0.25, 0.3) is 0 Å². The number of nitrogens with zero attached hydrogens (tertiary/aromatic N) is 2. The lowest BCUT2D eigenvalue weighted by molar-refractivity contribution is -0.123. The third-order valence-electron chi connectivity index (χ3n) is 4.78. The lowest BCUT2D eigenvalue weighted by atomic mass is 9.96. The van der Waals surface area contributed by atoms with Crippen molar-refractivity contribution < 1.29 is 18.8 Å². The summed E-state index contributed by atoms with van der Waals surface area (Å²) in [5.41, 5.74) is 5.91. The van der Waals surface area contributed by atoms with E-state index in [0.717, 1.165) is 0 Å². The zero-order valence-corrected chi connectivity index (χ0v) is 13.8. The highest BCUT2D eigenvalue weighted by Gasteiger charge is 2.33. The Balaban J connectivity index is 1.54. The molecule has 2 fully saturated rings. The number of nitrogens with one attached hydrogen (secondary N) is 1. The summed E-state index contributed by atoms with van der Waals surface area (Å²) in [6.07, 6.45) is 1.34. The minimum Gasteiger partial charge on any atom is -0.369 e. The van der Waals surface area contributed by atoms with Crippen molar-refractivity contribution in [3.63, 3.8) is 0 Å². The van der Waals surface area contributed by atoms with Crippen molar-refractivity contribution >= 4 is 23.5 Å². The topological polar surface area (TPSA) is 95.7 Å². The minimum absolute atomic E-state index is 0.107. The summed E-state index contributed by atoms with van der Waals surface area (Å²) in [4.78, 5) is 38.9. The van der Waals surface area contributed by atoms with Crippen LogP contribution in [0.4, 0.5) is 14.9 Å². The fourth-order valence-electron chi connectivity index (χ4n) is 3.31. The van der Waals surface area contributed by atoms with Gasteiger partial charge in [0.1, 0.15) is 5.82 Å². The molecule has 8 heteroatoms. The molecule has 0 saturated carbocycles. The van der Waals surface area contributed by atoms with Crippen LogP contribution >= 0.6 is 0 Å². The highest BCUT2D eigenvalue weighted by Crippen LogP contribution is 2.22. The average molecular weight is 348 g/mol. The highest BCUT2D eigenvalue weighted by molar-refractivity contribution is 5.96. The van der Waals surface area contributed by atoms with Gasteiger partial charge in [0.15, 0.2) is 0 Å². The van der Waals surface area contributed by atoms with Crippen molar-refractivity contribution in [1.82, 2.24) is 10.2 Å². The Morgan fingerprint density at radius 3 is 2.40 bits per heavy atom. The molecule has 4 amide bonds. The molecule has 134 valence electrons. The molecular formula is C17H21FN4O3. The number of piperidine rings is 1. The van der Waals surface area contributed by atoms with E-state index >= 15 is 0 Å². The summed E-state index contributed by atoms with van der Waals surface area (Å²) >= 11 is 0. The van der Waals surface area contributed by atoms with Gasteiger partial charge in [-0.05, 0) is 37.1 Å². The summed E-state index contributed by atoms with van der Waals surface area (Å²) < 4.78 is 13.0. The van der Waals surface area contributed by atoms with Crippen LogP contribution in [0.5, 0.6) is 0 Å². The molecule has 25 heavy (non-hydrogen) atoms. The predicted octanol–water partition coefficient (Wildman–Crippen LogP) is 0.838. The van der Waals surface area contributed by atoms with Crippen LogP contribution in [0, 0.1) is 11.7 Å². The first-order valence-corrected chi connectivity index (χ1v) is 8.34. The normalized spacial score (nSPS) is 21.5. The van der Waals surface area contributed by atoms with Crippen LogP contribution in [0.2, 0.25) is 0 Å². The molecule has 1 aromatic rings. The summed E-state index contributed by atoms with van der Waals surface area (Å²) in [7, 11) is 0. The Labute approximate surface area is 144 Å². The van der Waals surface area contributed by atoms with Crippen LogP contribution in [-0.2, 0) is 9.59 Å². The van der Waals surface area contributed by atoms with Gasteiger partial charge >= 0.3 is 6.03 Å². The Hall–Kier alpha value is -2.64. The Kier molecular flexibility index (Phi) is 4.87. The third-order valence-corrected chi connectivity index (χ3v) is 4.78. The fraction of sp³-hybridized carbons (Fsp3) is 0.471. The van der Waals surface area contributed by atoms with Crippen molar-refractivity contribution in [2.45, 2.75) is 25.3 Å². The van der Waals surface area contributed by atoms with E-state index in [0.29, 0.717) is 38.2 Å². The molecular weight excluding hydrogens is 327 g/mol. The molecule has 3 rings (SSSR count). The van der Waals surface area contributed by atoms with Gasteiger partial charge in [0.05, 0.1) is 6.04 Å². The van der Waals surface area contributed by atoms with Gasteiger partial charge in [0, 0.05) is 37.7 Å². The van der Waals surface area contributed by atoms with Crippen LogP contribution in [0.25, 0.3) is 0 Å². The van der Waals surface area contributed by atoms with E-state index in [9.17, 15) is 18.8 Å². The van der Waals surface area contributed by atoms with E-state index in [1.165, 1.54) is 12.1 Å². The number of anilines is 1. The molecule has 2 aliphatic heterocycles. The summed E-state index contributed by atoms with van der Waals surface area (Å²) in [6.45, 7) is 1.30. The first kappa shape index (κ1) is 17.2. The van der Waals surface area contributed by atoms with Crippen molar-refractivity contribution in [3.8, 4) is 0 Å². The molecule has 0 aliphatic carbocycles. The van der Waals surface area contributed by atoms with E-state index in [1.807, 2.05) is 0 Å². The van der Waals surface area contributed by atoms with Crippen LogP contribution in [0.15, 0.2) is 24.3 Å². The van der Waals surface area contributed by atoms with Gasteiger partial charge in [-0.15, -0.1) is 0 Å². The van der Waals surface area contributed by atoms with Gasteiger partial charge in [-0.25, -0.2) is 9.18 Å². The van der Waals surface area contributed by atoms with Crippen LogP contribution < -0.4 is 16.0 Å². The van der Waals surface area contributed by atoms with Gasteiger partial charge in [-0.1, -0.05) is 0 Å². The molecule has 2 saturated heterocycles. The number of nitrogens with two attached hydrogens (primary N) is 1. The number of amides is 4. The van der Waals surface area contributed by atoms with Crippen LogP contribution in [-0.4, -0.2) is 48.4 Å². The summed E-state index contributed by atoms with van der Waals surface area (Å²) in [6, 6.07) is 5.17. The van der Waals surface area contributed by atoms with Gasteiger partial charge < -0.3 is 20.9 Å². The number of benzene rings is 1. The number of urea groups is 1. The number of primary amides is 1. The van der Waals surface area contributed by atoms with Crippen molar-refractivity contribution in [3.05, 3.63) is 30.1 Å². The van der Waals surface area contributed by atoms with E-state index in [1.54, 1.807) is 21.9 Å². The lowest BCUT2D eigenvalue weighted by Crippen LogP contribution is -2.49. The maximum atomic E-state index is 13.0. The zero-order chi connectivity index (χ0) is 18.0. The maximum absolute atomic E-state index is 13.0. The molecule has 0 unspecified atom stereocenters. The number of carbonyl (C=O) groups excluding carboxylic acids is 3. The lowest BCUT2D eigenvalue weighted by Gasteiger charge is -2.31. The Bertz CT molecular complexity index is 671. The first-order chi connectivity index (χ1) is 11.9. The van der Waals surface area contributed by atoms with E-state index in [4.69, 9.17) is 5.73 Å². The molecule has 3 N–H and O–H groups in total. The van der Waals surface area contributed by atoms with Crippen LogP contribution in [0.3, 0.4) is 0 Å². The fourth-order valence-corrected chi connectivity index (χ4v) is 3.31. The van der Waals surface area contributed by atoms with Gasteiger partial charge in [-0.2, -0.15) is 0 Å². The SMILES string of the molecule is NC(=O)C1CCN(C(=O)N[C@H]2CC(=O)N(c3ccc(F)cc3)C2)CC1. The number of likely N-dealkylation sites (tertiary alicyclic amines) is 1. The second-order valence-electron chi connectivity index (χ2n) is 6.49. The number of hydrogen-bond donors (Lipinski definition) is 2. The summed E-state index contributed by atoms with van der Waals surface area (Å²) in [5.74, 6) is -0.966.